The van der Waals surface area contributed by atoms with Crippen LogP contribution in [0.4, 0.5) is 0 Å². The van der Waals surface area contributed by atoms with Gasteiger partial charge in [-0.1, -0.05) is 60.2 Å². The SMILES string of the molecule is Cc1cccc(CSCCC(N)(C#N)c2ccccc2)c1. The van der Waals surface area contributed by atoms with Gasteiger partial charge < -0.3 is 5.73 Å². The van der Waals surface area contributed by atoms with E-state index in [0.717, 1.165) is 17.1 Å². The molecule has 0 fully saturated rings. The second-order valence-electron chi connectivity index (χ2n) is 5.24. The monoisotopic (exact) mass is 296 g/mol. The molecule has 21 heavy (non-hydrogen) atoms. The van der Waals surface area contributed by atoms with Crippen LogP contribution in [0.25, 0.3) is 0 Å². The van der Waals surface area contributed by atoms with Crippen molar-refractivity contribution >= 4 is 11.8 Å². The van der Waals surface area contributed by atoms with Gasteiger partial charge in [-0.25, -0.2) is 0 Å². The van der Waals surface area contributed by atoms with Gasteiger partial charge in [0.25, 0.3) is 0 Å². The molecule has 0 bridgehead atoms. The molecule has 1 unspecified atom stereocenters. The third-order valence-corrected chi connectivity index (χ3v) is 4.51. The van der Waals surface area contributed by atoms with Gasteiger partial charge in [0.2, 0.25) is 0 Å². The Hall–Kier alpha value is -1.76. The van der Waals surface area contributed by atoms with Crippen molar-refractivity contribution in [1.29, 1.82) is 5.26 Å². The highest BCUT2D eigenvalue weighted by atomic mass is 32.2. The molecular formula is C18H20N2S. The molecule has 2 N–H and O–H groups in total. The van der Waals surface area contributed by atoms with Gasteiger partial charge in [-0.05, 0) is 30.2 Å². The second kappa shape index (κ2) is 7.31. The Morgan fingerprint density at radius 3 is 2.57 bits per heavy atom. The number of hydrogen-bond donors (Lipinski definition) is 1. The van der Waals surface area contributed by atoms with Crippen molar-refractivity contribution in [2.24, 2.45) is 5.73 Å². The molecule has 2 nitrogen and oxygen atoms in total. The van der Waals surface area contributed by atoms with Crippen LogP contribution in [0.15, 0.2) is 54.6 Å². The van der Waals surface area contributed by atoms with Gasteiger partial charge in [-0.2, -0.15) is 17.0 Å². The first-order chi connectivity index (χ1) is 10.1. The summed E-state index contributed by atoms with van der Waals surface area (Å²) in [5, 5.41) is 9.41. The summed E-state index contributed by atoms with van der Waals surface area (Å²) in [5.41, 5.74) is 8.85. The van der Waals surface area contributed by atoms with E-state index in [2.05, 4.69) is 37.3 Å². The lowest BCUT2D eigenvalue weighted by Crippen LogP contribution is -2.35. The molecule has 2 aromatic rings. The van der Waals surface area contributed by atoms with Crippen molar-refractivity contribution in [2.45, 2.75) is 24.6 Å². The molecule has 2 aromatic carbocycles. The first kappa shape index (κ1) is 15.6. The Morgan fingerprint density at radius 2 is 1.90 bits per heavy atom. The Bertz CT molecular complexity index is 619. The summed E-state index contributed by atoms with van der Waals surface area (Å²) < 4.78 is 0. The molecule has 0 radical (unpaired) electrons. The van der Waals surface area contributed by atoms with Crippen molar-refractivity contribution in [3.63, 3.8) is 0 Å². The summed E-state index contributed by atoms with van der Waals surface area (Å²) in [5.74, 6) is 1.82. The van der Waals surface area contributed by atoms with Crippen LogP contribution in [0.2, 0.25) is 0 Å². The number of nitrogens with zero attached hydrogens (tertiary/aromatic N) is 1. The molecule has 0 aliphatic heterocycles. The molecule has 0 amide bonds. The van der Waals surface area contributed by atoms with Gasteiger partial charge in [-0.3, -0.25) is 0 Å². The summed E-state index contributed by atoms with van der Waals surface area (Å²) in [6.45, 7) is 2.10. The minimum Gasteiger partial charge on any atom is -0.310 e. The standard InChI is InChI=1S/C18H20N2S/c1-15-6-5-7-16(12-15)13-21-11-10-18(20,14-19)17-8-3-2-4-9-17/h2-9,12H,10-11,13,20H2,1H3. The summed E-state index contributed by atoms with van der Waals surface area (Å²) in [6.07, 6.45) is 0.657. The van der Waals surface area contributed by atoms with Crippen molar-refractivity contribution in [1.82, 2.24) is 0 Å². The topological polar surface area (TPSA) is 49.8 Å². The molecule has 2 rings (SSSR count). The molecular weight excluding hydrogens is 276 g/mol. The second-order valence-corrected chi connectivity index (χ2v) is 6.35. The van der Waals surface area contributed by atoms with Gasteiger partial charge in [0.15, 0.2) is 0 Å². The molecule has 1 atom stereocenters. The predicted octanol–water partition coefficient (Wildman–Crippen LogP) is 4.00. The number of nitriles is 1. The minimum atomic E-state index is -0.888. The largest absolute Gasteiger partial charge is 0.310 e. The van der Waals surface area contributed by atoms with Crippen LogP contribution in [0.5, 0.6) is 0 Å². The third-order valence-electron chi connectivity index (χ3n) is 3.48. The molecule has 0 spiro atoms. The lowest BCUT2D eigenvalue weighted by Gasteiger charge is -2.21. The Labute approximate surface area is 131 Å². The number of nitrogens with two attached hydrogens (primary N) is 1. The van der Waals surface area contributed by atoms with E-state index < -0.39 is 5.54 Å². The van der Waals surface area contributed by atoms with E-state index in [9.17, 15) is 5.26 Å². The van der Waals surface area contributed by atoms with Crippen LogP contribution in [-0.4, -0.2) is 5.75 Å². The fourth-order valence-electron chi connectivity index (χ4n) is 2.23. The van der Waals surface area contributed by atoms with E-state index in [1.807, 2.05) is 42.1 Å². The first-order valence-electron chi connectivity index (χ1n) is 7.03. The minimum absolute atomic E-state index is 0.657. The zero-order valence-corrected chi connectivity index (χ0v) is 13.1. The number of hydrogen-bond acceptors (Lipinski definition) is 3. The van der Waals surface area contributed by atoms with Crippen LogP contribution in [0, 0.1) is 18.3 Å². The normalized spacial score (nSPS) is 13.4. The summed E-state index contributed by atoms with van der Waals surface area (Å²) >= 11 is 1.82. The van der Waals surface area contributed by atoms with Crippen LogP contribution in [0.3, 0.4) is 0 Å². The average molecular weight is 296 g/mol. The highest BCUT2D eigenvalue weighted by Gasteiger charge is 2.26. The van der Waals surface area contributed by atoms with Crippen LogP contribution < -0.4 is 5.73 Å². The summed E-state index contributed by atoms with van der Waals surface area (Å²) in [7, 11) is 0. The van der Waals surface area contributed by atoms with Crippen LogP contribution in [-0.2, 0) is 11.3 Å². The Kier molecular flexibility index (Phi) is 5.44. The van der Waals surface area contributed by atoms with E-state index in [1.54, 1.807) is 0 Å². The lowest BCUT2D eigenvalue weighted by molar-refractivity contribution is 0.560. The third kappa shape index (κ3) is 4.35. The number of aryl methyl sites for hydroxylation is 1. The first-order valence-corrected chi connectivity index (χ1v) is 8.18. The van der Waals surface area contributed by atoms with Gasteiger partial charge in [-0.15, -0.1) is 0 Å². The molecule has 0 saturated heterocycles. The number of benzene rings is 2. The van der Waals surface area contributed by atoms with E-state index >= 15 is 0 Å². The molecule has 3 heteroatoms. The molecule has 0 aliphatic carbocycles. The number of thioether (sulfide) groups is 1. The maximum Gasteiger partial charge on any atom is 0.130 e. The summed E-state index contributed by atoms with van der Waals surface area (Å²) in [4.78, 5) is 0. The van der Waals surface area contributed by atoms with Crippen molar-refractivity contribution in [3.8, 4) is 6.07 Å². The maximum atomic E-state index is 9.41. The number of rotatable bonds is 6. The fourth-order valence-corrected chi connectivity index (χ4v) is 3.25. The highest BCUT2D eigenvalue weighted by Crippen LogP contribution is 2.24. The van der Waals surface area contributed by atoms with Gasteiger partial charge in [0, 0.05) is 5.75 Å². The smallest absolute Gasteiger partial charge is 0.130 e. The van der Waals surface area contributed by atoms with Crippen LogP contribution in [0.1, 0.15) is 23.1 Å². The quantitative estimate of drug-likeness (QED) is 0.820. The molecule has 108 valence electrons. The zero-order chi connectivity index (χ0) is 15.1. The van der Waals surface area contributed by atoms with E-state index in [-0.39, 0.29) is 0 Å². The van der Waals surface area contributed by atoms with Crippen molar-refractivity contribution in [3.05, 3.63) is 71.3 Å². The van der Waals surface area contributed by atoms with Crippen molar-refractivity contribution in [2.75, 3.05) is 5.75 Å². The highest BCUT2D eigenvalue weighted by molar-refractivity contribution is 7.98. The van der Waals surface area contributed by atoms with E-state index in [1.165, 1.54) is 11.1 Å². The molecule has 0 saturated carbocycles. The lowest BCUT2D eigenvalue weighted by atomic mass is 9.90. The Morgan fingerprint density at radius 1 is 1.14 bits per heavy atom. The van der Waals surface area contributed by atoms with Crippen molar-refractivity contribution < 1.29 is 0 Å². The average Bonchev–Trinajstić information content (AvgIpc) is 2.52. The zero-order valence-electron chi connectivity index (χ0n) is 12.3. The van der Waals surface area contributed by atoms with E-state index in [0.29, 0.717) is 6.42 Å². The van der Waals surface area contributed by atoms with Gasteiger partial charge >= 0.3 is 0 Å². The van der Waals surface area contributed by atoms with Crippen LogP contribution >= 0.6 is 11.8 Å². The molecule has 0 aliphatic rings. The Balaban J connectivity index is 1.88. The summed E-state index contributed by atoms with van der Waals surface area (Å²) in [6, 6.07) is 20.4. The predicted molar refractivity (Wildman–Crippen MR) is 89.9 cm³/mol. The molecule has 0 heterocycles. The fraction of sp³-hybridized carbons (Fsp3) is 0.278. The molecule has 0 aromatic heterocycles. The maximum absolute atomic E-state index is 9.41. The van der Waals surface area contributed by atoms with E-state index in [4.69, 9.17) is 5.73 Å². The van der Waals surface area contributed by atoms with Gasteiger partial charge in [0.05, 0.1) is 6.07 Å². The van der Waals surface area contributed by atoms with Gasteiger partial charge in [0.1, 0.15) is 5.54 Å².